The van der Waals surface area contributed by atoms with Crippen LogP contribution in [-0.4, -0.2) is 37.5 Å². The van der Waals surface area contributed by atoms with Crippen molar-refractivity contribution in [2.24, 2.45) is 0 Å². The number of carbonyl (C=O) groups is 1. The molecule has 0 radical (unpaired) electrons. The number of nitrogens with zero attached hydrogens (tertiary/aromatic N) is 1. The highest BCUT2D eigenvalue weighted by atomic mass is 16.5. The van der Waals surface area contributed by atoms with E-state index in [1.165, 1.54) is 22.3 Å². The summed E-state index contributed by atoms with van der Waals surface area (Å²) >= 11 is 0. The third-order valence-electron chi connectivity index (χ3n) is 5.57. The Morgan fingerprint density at radius 1 is 0.967 bits per heavy atom. The molecule has 0 unspecified atom stereocenters. The second kappa shape index (κ2) is 9.01. The van der Waals surface area contributed by atoms with Gasteiger partial charge in [-0.25, -0.2) is 4.79 Å². The van der Waals surface area contributed by atoms with Crippen molar-refractivity contribution in [3.8, 4) is 11.1 Å². The van der Waals surface area contributed by atoms with E-state index in [9.17, 15) is 4.79 Å². The Bertz CT molecular complexity index is 971. The largest absolute Gasteiger partial charge is 0.448 e. The van der Waals surface area contributed by atoms with Crippen LogP contribution in [0.4, 0.5) is 16.2 Å². The summed E-state index contributed by atoms with van der Waals surface area (Å²) in [5.74, 6) is 0.0436. The lowest BCUT2D eigenvalue weighted by molar-refractivity contribution is 0.158. The fourth-order valence-electron chi connectivity index (χ4n) is 4.10. The molecule has 0 atom stereocenters. The second-order valence-corrected chi connectivity index (χ2v) is 7.30. The van der Waals surface area contributed by atoms with Crippen LogP contribution in [0.15, 0.2) is 72.8 Å². The maximum atomic E-state index is 12.4. The summed E-state index contributed by atoms with van der Waals surface area (Å²) in [5, 5.41) is 12.0. The lowest BCUT2D eigenvalue weighted by atomic mass is 9.98. The van der Waals surface area contributed by atoms with Crippen LogP contribution in [0.5, 0.6) is 0 Å². The molecular weight excluding hydrogens is 376 g/mol. The van der Waals surface area contributed by atoms with Crippen LogP contribution in [0.1, 0.15) is 24.0 Å². The lowest BCUT2D eigenvalue weighted by Gasteiger charge is -2.22. The van der Waals surface area contributed by atoms with Gasteiger partial charge in [-0.15, -0.1) is 0 Å². The summed E-state index contributed by atoms with van der Waals surface area (Å²) < 4.78 is 5.59. The number of amides is 1. The molecule has 30 heavy (non-hydrogen) atoms. The van der Waals surface area contributed by atoms with Crippen molar-refractivity contribution in [1.82, 2.24) is 0 Å². The molecule has 0 bridgehead atoms. The fourth-order valence-corrected chi connectivity index (χ4v) is 4.10. The summed E-state index contributed by atoms with van der Waals surface area (Å²) in [6.07, 6.45) is -0.465. The van der Waals surface area contributed by atoms with E-state index in [1.54, 1.807) is 0 Å². The van der Waals surface area contributed by atoms with Crippen molar-refractivity contribution in [3.63, 3.8) is 0 Å². The van der Waals surface area contributed by atoms with Gasteiger partial charge in [0.05, 0.1) is 6.61 Å². The molecule has 2 N–H and O–H groups in total. The first-order valence-corrected chi connectivity index (χ1v) is 10.3. The van der Waals surface area contributed by atoms with Crippen molar-refractivity contribution >= 4 is 17.5 Å². The molecule has 0 spiro atoms. The molecule has 0 saturated carbocycles. The molecule has 1 aliphatic rings. The Hall–Kier alpha value is -3.31. The minimum absolute atomic E-state index is 0.0436. The Morgan fingerprint density at radius 3 is 2.13 bits per heavy atom. The van der Waals surface area contributed by atoms with Crippen LogP contribution in [0.25, 0.3) is 11.1 Å². The number of aliphatic hydroxyl groups is 1. The predicted octanol–water partition coefficient (Wildman–Crippen LogP) is 4.87. The lowest BCUT2D eigenvalue weighted by Crippen LogP contribution is -2.26. The molecular formula is C25H26N2O3. The van der Waals surface area contributed by atoms with Crippen LogP contribution in [-0.2, 0) is 4.74 Å². The molecule has 3 aromatic rings. The number of hydrogen-bond acceptors (Lipinski definition) is 4. The van der Waals surface area contributed by atoms with Crippen molar-refractivity contribution in [2.45, 2.75) is 12.8 Å². The smallest absolute Gasteiger partial charge is 0.411 e. The summed E-state index contributed by atoms with van der Waals surface area (Å²) in [6.45, 7) is 3.82. The molecule has 4 rings (SSSR count). The molecule has 5 heteroatoms. The van der Waals surface area contributed by atoms with E-state index in [0.717, 1.165) is 12.2 Å². The summed E-state index contributed by atoms with van der Waals surface area (Å²) in [5.41, 5.74) is 6.49. The molecule has 5 nitrogen and oxygen atoms in total. The van der Waals surface area contributed by atoms with E-state index >= 15 is 0 Å². The van der Waals surface area contributed by atoms with Gasteiger partial charge in [-0.2, -0.15) is 0 Å². The summed E-state index contributed by atoms with van der Waals surface area (Å²) in [7, 11) is 0. The van der Waals surface area contributed by atoms with Gasteiger partial charge in [0, 0.05) is 30.4 Å². The minimum Gasteiger partial charge on any atom is -0.448 e. The third kappa shape index (κ3) is 4.02. The standard InChI is InChI=1S/C25H26N2O3/c1-2-27(15-16-28)19-13-11-18(12-14-19)26-25(29)30-17-24-22-9-5-3-7-20(22)21-8-4-6-10-23(21)24/h3-14,24,28H,2,15-17H2,1H3,(H,26,29). The number of carbonyl (C=O) groups excluding carboxylic acids is 1. The molecule has 1 aliphatic carbocycles. The Labute approximate surface area is 176 Å². The van der Waals surface area contributed by atoms with Gasteiger partial charge in [0.2, 0.25) is 0 Å². The first-order chi connectivity index (χ1) is 14.7. The van der Waals surface area contributed by atoms with Crippen LogP contribution in [0.3, 0.4) is 0 Å². The van der Waals surface area contributed by atoms with E-state index in [2.05, 4.69) is 34.5 Å². The molecule has 0 aromatic heterocycles. The number of anilines is 2. The van der Waals surface area contributed by atoms with Crippen LogP contribution < -0.4 is 10.2 Å². The predicted molar refractivity (Wildman–Crippen MR) is 120 cm³/mol. The Kier molecular flexibility index (Phi) is 6.00. The maximum absolute atomic E-state index is 12.4. The summed E-state index contributed by atoms with van der Waals surface area (Å²) in [4.78, 5) is 14.5. The molecule has 0 saturated heterocycles. The van der Waals surface area contributed by atoms with Crippen LogP contribution in [0, 0.1) is 0 Å². The number of nitrogens with one attached hydrogen (secondary N) is 1. The zero-order chi connectivity index (χ0) is 20.9. The number of rotatable bonds is 7. The van der Waals surface area contributed by atoms with E-state index < -0.39 is 6.09 Å². The quantitative estimate of drug-likeness (QED) is 0.592. The molecule has 0 aliphatic heterocycles. The van der Waals surface area contributed by atoms with Crippen molar-refractivity contribution in [3.05, 3.63) is 83.9 Å². The number of hydrogen-bond donors (Lipinski definition) is 2. The van der Waals surface area contributed by atoms with Gasteiger partial charge in [-0.3, -0.25) is 5.32 Å². The highest BCUT2D eigenvalue weighted by Crippen LogP contribution is 2.44. The average molecular weight is 402 g/mol. The first kappa shape index (κ1) is 20.0. The van der Waals surface area contributed by atoms with E-state index in [-0.39, 0.29) is 19.1 Å². The normalized spacial score (nSPS) is 12.2. The van der Waals surface area contributed by atoms with Gasteiger partial charge in [-0.05, 0) is 53.4 Å². The molecule has 154 valence electrons. The van der Waals surface area contributed by atoms with E-state index in [1.807, 2.05) is 55.5 Å². The van der Waals surface area contributed by atoms with Crippen molar-refractivity contribution < 1.29 is 14.6 Å². The van der Waals surface area contributed by atoms with Gasteiger partial charge >= 0.3 is 6.09 Å². The zero-order valence-corrected chi connectivity index (χ0v) is 17.0. The second-order valence-electron chi connectivity index (χ2n) is 7.30. The molecule has 3 aromatic carbocycles. The van der Waals surface area contributed by atoms with Gasteiger partial charge in [-0.1, -0.05) is 48.5 Å². The van der Waals surface area contributed by atoms with E-state index in [4.69, 9.17) is 9.84 Å². The van der Waals surface area contributed by atoms with Gasteiger partial charge in [0.1, 0.15) is 6.61 Å². The SMILES string of the molecule is CCN(CCO)c1ccc(NC(=O)OCC2c3ccccc3-c3ccccc32)cc1. The molecule has 1 amide bonds. The number of benzene rings is 3. The highest BCUT2D eigenvalue weighted by molar-refractivity contribution is 5.85. The summed E-state index contributed by atoms with van der Waals surface area (Å²) in [6, 6.07) is 24.1. The Morgan fingerprint density at radius 2 is 1.57 bits per heavy atom. The van der Waals surface area contributed by atoms with Crippen LogP contribution >= 0.6 is 0 Å². The molecule has 0 fully saturated rings. The first-order valence-electron chi connectivity index (χ1n) is 10.3. The number of likely N-dealkylation sites (N-methyl/N-ethyl adjacent to an activating group) is 1. The monoisotopic (exact) mass is 402 g/mol. The van der Waals surface area contributed by atoms with E-state index in [0.29, 0.717) is 12.2 Å². The Balaban J connectivity index is 1.40. The number of fused-ring (bicyclic) bond motifs is 3. The van der Waals surface area contributed by atoms with Crippen molar-refractivity contribution in [1.29, 1.82) is 0 Å². The van der Waals surface area contributed by atoms with Crippen molar-refractivity contribution in [2.75, 3.05) is 36.5 Å². The maximum Gasteiger partial charge on any atom is 0.411 e. The average Bonchev–Trinajstić information content (AvgIpc) is 3.10. The van der Waals surface area contributed by atoms with Gasteiger partial charge in [0.15, 0.2) is 0 Å². The topological polar surface area (TPSA) is 61.8 Å². The molecule has 0 heterocycles. The highest BCUT2D eigenvalue weighted by Gasteiger charge is 2.28. The fraction of sp³-hybridized carbons (Fsp3) is 0.240. The van der Waals surface area contributed by atoms with Gasteiger partial charge < -0.3 is 14.7 Å². The number of aliphatic hydroxyl groups excluding tert-OH is 1. The zero-order valence-electron chi connectivity index (χ0n) is 17.0. The minimum atomic E-state index is -0.465. The third-order valence-corrected chi connectivity index (χ3v) is 5.57. The number of ether oxygens (including phenoxy) is 1. The van der Waals surface area contributed by atoms with Crippen LogP contribution in [0.2, 0.25) is 0 Å². The van der Waals surface area contributed by atoms with Gasteiger partial charge in [0.25, 0.3) is 0 Å².